The first kappa shape index (κ1) is 13.6. The minimum atomic E-state index is 0.0638. The molecule has 102 valence electrons. The van der Waals surface area contributed by atoms with Crippen molar-refractivity contribution in [3.63, 3.8) is 0 Å². The maximum atomic E-state index is 5.77. The Hall–Kier alpha value is -0.870. The first-order valence-corrected chi connectivity index (χ1v) is 6.85. The van der Waals surface area contributed by atoms with E-state index in [0.29, 0.717) is 0 Å². The van der Waals surface area contributed by atoms with Crippen molar-refractivity contribution >= 4 is 0 Å². The molecule has 0 aromatic carbocycles. The second-order valence-electron chi connectivity index (χ2n) is 6.09. The van der Waals surface area contributed by atoms with E-state index in [2.05, 4.69) is 36.0 Å². The lowest BCUT2D eigenvalue weighted by Crippen LogP contribution is -2.39. The van der Waals surface area contributed by atoms with E-state index in [9.17, 15) is 0 Å². The first-order chi connectivity index (χ1) is 8.55. The van der Waals surface area contributed by atoms with Gasteiger partial charge >= 0.3 is 0 Å². The third-order valence-electron chi connectivity index (χ3n) is 3.71. The van der Waals surface area contributed by atoms with Crippen LogP contribution < -0.4 is 0 Å². The van der Waals surface area contributed by atoms with Gasteiger partial charge in [0, 0.05) is 25.9 Å². The average molecular weight is 251 g/mol. The van der Waals surface area contributed by atoms with E-state index in [1.165, 1.54) is 24.9 Å². The molecule has 1 aliphatic heterocycles. The van der Waals surface area contributed by atoms with Gasteiger partial charge in [0.05, 0.1) is 11.8 Å². The van der Waals surface area contributed by atoms with Crippen molar-refractivity contribution in [2.45, 2.75) is 38.7 Å². The lowest BCUT2D eigenvalue weighted by Gasteiger charge is -2.37. The maximum Gasteiger partial charge on any atom is 0.0629 e. The highest BCUT2D eigenvalue weighted by atomic mass is 16.5. The van der Waals surface area contributed by atoms with Gasteiger partial charge in [0.15, 0.2) is 0 Å². The number of nitrogens with one attached hydrogen (secondary N) is 1. The SMILES string of the molecule is CN(CCc1cn[nH]c1)CC1CCOC(C)(C)C1. The van der Waals surface area contributed by atoms with Crippen LogP contribution in [0.3, 0.4) is 0 Å². The summed E-state index contributed by atoms with van der Waals surface area (Å²) >= 11 is 0. The van der Waals surface area contributed by atoms with Gasteiger partial charge in [-0.1, -0.05) is 0 Å². The number of rotatable bonds is 5. The summed E-state index contributed by atoms with van der Waals surface area (Å²) in [6, 6.07) is 0. The Bertz CT molecular complexity index is 348. The van der Waals surface area contributed by atoms with E-state index in [1.807, 2.05) is 12.4 Å². The van der Waals surface area contributed by atoms with Crippen molar-refractivity contribution in [2.24, 2.45) is 5.92 Å². The average Bonchev–Trinajstić information content (AvgIpc) is 2.77. The highest BCUT2D eigenvalue weighted by Crippen LogP contribution is 2.28. The van der Waals surface area contributed by atoms with Gasteiger partial charge in [-0.05, 0) is 51.6 Å². The number of aromatic amines is 1. The smallest absolute Gasteiger partial charge is 0.0629 e. The molecular weight excluding hydrogens is 226 g/mol. The summed E-state index contributed by atoms with van der Waals surface area (Å²) in [6.07, 6.45) is 7.32. The highest BCUT2D eigenvalue weighted by Gasteiger charge is 2.29. The van der Waals surface area contributed by atoms with Crippen molar-refractivity contribution in [2.75, 3.05) is 26.7 Å². The van der Waals surface area contributed by atoms with Crippen LogP contribution in [0.1, 0.15) is 32.3 Å². The van der Waals surface area contributed by atoms with Gasteiger partial charge in [0.2, 0.25) is 0 Å². The van der Waals surface area contributed by atoms with Crippen LogP contribution >= 0.6 is 0 Å². The van der Waals surface area contributed by atoms with Gasteiger partial charge in [-0.3, -0.25) is 5.10 Å². The molecule has 4 nitrogen and oxygen atoms in total. The fraction of sp³-hybridized carbons (Fsp3) is 0.786. The van der Waals surface area contributed by atoms with Gasteiger partial charge in [-0.2, -0.15) is 5.10 Å². The Morgan fingerprint density at radius 3 is 3.06 bits per heavy atom. The molecule has 1 N–H and O–H groups in total. The molecule has 2 heterocycles. The van der Waals surface area contributed by atoms with E-state index in [-0.39, 0.29) is 5.60 Å². The normalized spacial score (nSPS) is 23.4. The minimum Gasteiger partial charge on any atom is -0.376 e. The Kier molecular flexibility index (Phi) is 4.40. The molecule has 18 heavy (non-hydrogen) atoms. The van der Waals surface area contributed by atoms with Crippen LogP contribution in [-0.2, 0) is 11.2 Å². The number of hydrogen-bond acceptors (Lipinski definition) is 3. The van der Waals surface area contributed by atoms with Crippen molar-refractivity contribution in [1.29, 1.82) is 0 Å². The molecule has 0 saturated carbocycles. The van der Waals surface area contributed by atoms with Gasteiger partial charge in [-0.15, -0.1) is 0 Å². The van der Waals surface area contributed by atoms with E-state index in [0.717, 1.165) is 25.5 Å². The first-order valence-electron chi connectivity index (χ1n) is 6.85. The van der Waals surface area contributed by atoms with Crippen molar-refractivity contribution in [1.82, 2.24) is 15.1 Å². The zero-order valence-electron chi connectivity index (χ0n) is 11.8. The molecule has 0 radical (unpaired) electrons. The number of ether oxygens (including phenoxy) is 1. The molecule has 1 saturated heterocycles. The van der Waals surface area contributed by atoms with Gasteiger partial charge < -0.3 is 9.64 Å². The van der Waals surface area contributed by atoms with Crippen LogP contribution in [-0.4, -0.2) is 47.4 Å². The standard InChI is InChI=1S/C14H25N3O/c1-14(2)8-12(5-7-18-14)11-17(3)6-4-13-9-15-16-10-13/h9-10,12H,4-8,11H2,1-3H3,(H,15,16). The molecular formula is C14H25N3O. The largest absolute Gasteiger partial charge is 0.376 e. The van der Waals surface area contributed by atoms with Crippen LogP contribution in [0.4, 0.5) is 0 Å². The summed E-state index contributed by atoms with van der Waals surface area (Å²) in [7, 11) is 2.21. The summed E-state index contributed by atoms with van der Waals surface area (Å²) in [6.45, 7) is 7.57. The van der Waals surface area contributed by atoms with Crippen LogP contribution in [0.25, 0.3) is 0 Å². The number of aromatic nitrogens is 2. The van der Waals surface area contributed by atoms with Crippen LogP contribution in [0.5, 0.6) is 0 Å². The third-order valence-corrected chi connectivity index (χ3v) is 3.71. The summed E-state index contributed by atoms with van der Waals surface area (Å²) in [5.74, 6) is 0.767. The Morgan fingerprint density at radius 2 is 2.39 bits per heavy atom. The number of H-pyrrole nitrogens is 1. The maximum absolute atomic E-state index is 5.77. The quantitative estimate of drug-likeness (QED) is 0.871. The van der Waals surface area contributed by atoms with E-state index in [1.54, 1.807) is 0 Å². The summed E-state index contributed by atoms with van der Waals surface area (Å²) in [5.41, 5.74) is 1.35. The fourth-order valence-electron chi connectivity index (χ4n) is 2.78. The third kappa shape index (κ3) is 4.10. The van der Waals surface area contributed by atoms with Gasteiger partial charge in [0.25, 0.3) is 0 Å². The molecule has 0 aliphatic carbocycles. The Morgan fingerprint density at radius 1 is 1.56 bits per heavy atom. The van der Waals surface area contributed by atoms with E-state index in [4.69, 9.17) is 4.74 Å². The van der Waals surface area contributed by atoms with Crippen LogP contribution in [0.2, 0.25) is 0 Å². The molecule has 1 unspecified atom stereocenters. The second kappa shape index (κ2) is 5.85. The molecule has 1 aromatic rings. The minimum absolute atomic E-state index is 0.0638. The van der Waals surface area contributed by atoms with Crippen LogP contribution in [0, 0.1) is 5.92 Å². The second-order valence-corrected chi connectivity index (χ2v) is 6.09. The van der Waals surface area contributed by atoms with Gasteiger partial charge in [0.1, 0.15) is 0 Å². The molecule has 0 amide bonds. The van der Waals surface area contributed by atoms with Crippen molar-refractivity contribution < 1.29 is 4.74 Å². The molecule has 0 bridgehead atoms. The molecule has 0 spiro atoms. The van der Waals surface area contributed by atoms with Crippen molar-refractivity contribution in [3.8, 4) is 0 Å². The molecule has 4 heteroatoms. The van der Waals surface area contributed by atoms with Crippen LogP contribution in [0.15, 0.2) is 12.4 Å². The van der Waals surface area contributed by atoms with Gasteiger partial charge in [-0.25, -0.2) is 0 Å². The topological polar surface area (TPSA) is 41.2 Å². The Labute approximate surface area is 110 Å². The molecule has 1 aromatic heterocycles. The summed E-state index contributed by atoms with van der Waals surface area (Å²) in [4.78, 5) is 2.43. The van der Waals surface area contributed by atoms with E-state index < -0.39 is 0 Å². The zero-order valence-corrected chi connectivity index (χ0v) is 11.8. The zero-order chi connectivity index (χ0) is 13.0. The van der Waals surface area contributed by atoms with E-state index >= 15 is 0 Å². The highest BCUT2D eigenvalue weighted by molar-refractivity contribution is 5.02. The van der Waals surface area contributed by atoms with Crippen molar-refractivity contribution in [3.05, 3.63) is 18.0 Å². The lowest BCUT2D eigenvalue weighted by molar-refractivity contribution is -0.0758. The summed E-state index contributed by atoms with van der Waals surface area (Å²) in [5, 5.41) is 6.84. The molecule has 2 rings (SSSR count). The lowest BCUT2D eigenvalue weighted by atomic mass is 9.88. The predicted molar refractivity (Wildman–Crippen MR) is 72.5 cm³/mol. The Balaban J connectivity index is 1.72. The number of likely N-dealkylation sites (N-methyl/N-ethyl adjacent to an activating group) is 1. The monoisotopic (exact) mass is 251 g/mol. The molecule has 1 atom stereocenters. The summed E-state index contributed by atoms with van der Waals surface area (Å²) < 4.78 is 5.77. The fourth-order valence-corrected chi connectivity index (χ4v) is 2.78. The molecule has 1 aliphatic rings. The number of hydrogen-bond donors (Lipinski definition) is 1. The molecule has 1 fully saturated rings. The predicted octanol–water partition coefficient (Wildman–Crippen LogP) is 2.09. The number of nitrogens with zero attached hydrogens (tertiary/aromatic N) is 2.